The summed E-state index contributed by atoms with van der Waals surface area (Å²) in [5.74, 6) is 0.947. The molecule has 2 heterocycles. The van der Waals surface area contributed by atoms with Crippen LogP contribution in [0.3, 0.4) is 0 Å². The molecule has 3 aromatic rings. The van der Waals surface area contributed by atoms with Crippen LogP contribution < -0.4 is 10.1 Å². The van der Waals surface area contributed by atoms with Crippen molar-refractivity contribution in [2.24, 2.45) is 0 Å². The Labute approximate surface area is 160 Å². The van der Waals surface area contributed by atoms with Crippen LogP contribution in [0.1, 0.15) is 30.9 Å². The van der Waals surface area contributed by atoms with E-state index in [0.29, 0.717) is 12.6 Å². The van der Waals surface area contributed by atoms with Gasteiger partial charge >= 0.3 is 0 Å². The smallest absolute Gasteiger partial charge is 0.127 e. The van der Waals surface area contributed by atoms with Gasteiger partial charge in [-0.2, -0.15) is 0 Å². The summed E-state index contributed by atoms with van der Waals surface area (Å²) in [5, 5.41) is 4.82. The molecule has 0 saturated carbocycles. The van der Waals surface area contributed by atoms with Crippen LogP contribution in [0.4, 0.5) is 0 Å². The van der Waals surface area contributed by atoms with Crippen molar-refractivity contribution in [1.82, 2.24) is 10.3 Å². The highest BCUT2D eigenvalue weighted by Crippen LogP contribution is 2.30. The Morgan fingerprint density at radius 2 is 2.00 bits per heavy atom. The number of hydrogen-bond donors (Lipinski definition) is 2. The van der Waals surface area contributed by atoms with Crippen LogP contribution in [0.25, 0.3) is 22.6 Å². The highest BCUT2D eigenvalue weighted by molar-refractivity contribution is 5.91. The van der Waals surface area contributed by atoms with Crippen LogP contribution in [0, 0.1) is 0 Å². The molecule has 3 heteroatoms. The molecule has 0 spiro atoms. The van der Waals surface area contributed by atoms with Crippen LogP contribution in [-0.4, -0.2) is 24.2 Å². The molecule has 138 valence electrons. The van der Waals surface area contributed by atoms with Gasteiger partial charge in [-0.05, 0) is 49.1 Å². The van der Waals surface area contributed by atoms with E-state index in [1.807, 2.05) is 13.1 Å². The Kier molecular flexibility index (Phi) is 5.40. The second kappa shape index (κ2) is 8.28. The number of nitrogens with one attached hydrogen (secondary N) is 2. The third kappa shape index (κ3) is 3.99. The molecule has 2 N–H and O–H groups in total. The van der Waals surface area contributed by atoms with Crippen molar-refractivity contribution in [2.75, 3.05) is 13.2 Å². The van der Waals surface area contributed by atoms with Gasteiger partial charge < -0.3 is 15.0 Å². The lowest BCUT2D eigenvalue weighted by Gasteiger charge is -2.23. The van der Waals surface area contributed by atoms with Crippen molar-refractivity contribution in [3.8, 4) is 5.75 Å². The number of aromatic nitrogens is 1. The van der Waals surface area contributed by atoms with Crippen molar-refractivity contribution < 1.29 is 4.74 Å². The number of hydrogen-bond acceptors (Lipinski definition) is 2. The third-order valence-electron chi connectivity index (χ3n) is 5.11. The SMILES string of the molecule is CCOc1ccc2[nH]ccc2c1C=CCC1CC(c2ccccc2)=CCN1. The molecular weight excluding hydrogens is 332 g/mol. The quantitative estimate of drug-likeness (QED) is 0.618. The van der Waals surface area contributed by atoms with Gasteiger partial charge in [-0.1, -0.05) is 48.6 Å². The Balaban J connectivity index is 1.48. The molecule has 0 aliphatic carbocycles. The molecule has 0 amide bonds. The average molecular weight is 358 g/mol. The Morgan fingerprint density at radius 3 is 2.85 bits per heavy atom. The zero-order chi connectivity index (χ0) is 18.5. The van der Waals surface area contributed by atoms with Gasteiger partial charge in [-0.15, -0.1) is 0 Å². The topological polar surface area (TPSA) is 37.0 Å². The van der Waals surface area contributed by atoms with Gasteiger partial charge in [0.25, 0.3) is 0 Å². The summed E-state index contributed by atoms with van der Waals surface area (Å²) in [6.45, 7) is 3.63. The summed E-state index contributed by atoms with van der Waals surface area (Å²) in [6.07, 6.45) is 10.8. The fraction of sp³-hybridized carbons (Fsp3) is 0.250. The number of fused-ring (bicyclic) bond motifs is 1. The number of aromatic amines is 1. The van der Waals surface area contributed by atoms with E-state index >= 15 is 0 Å². The van der Waals surface area contributed by atoms with Crippen molar-refractivity contribution in [3.63, 3.8) is 0 Å². The van der Waals surface area contributed by atoms with Gasteiger partial charge in [0, 0.05) is 35.2 Å². The van der Waals surface area contributed by atoms with E-state index in [0.717, 1.165) is 36.2 Å². The molecule has 27 heavy (non-hydrogen) atoms. The van der Waals surface area contributed by atoms with Crippen LogP contribution >= 0.6 is 0 Å². The number of rotatable bonds is 6. The van der Waals surface area contributed by atoms with E-state index in [9.17, 15) is 0 Å². The Hall–Kier alpha value is -2.78. The molecule has 0 radical (unpaired) electrons. The van der Waals surface area contributed by atoms with E-state index in [2.05, 4.69) is 77.1 Å². The van der Waals surface area contributed by atoms with Crippen LogP contribution in [0.2, 0.25) is 0 Å². The Morgan fingerprint density at radius 1 is 1.11 bits per heavy atom. The van der Waals surface area contributed by atoms with E-state index in [1.165, 1.54) is 16.5 Å². The van der Waals surface area contributed by atoms with Gasteiger partial charge in [0.05, 0.1) is 6.61 Å². The maximum Gasteiger partial charge on any atom is 0.127 e. The molecule has 4 rings (SSSR count). The van der Waals surface area contributed by atoms with Gasteiger partial charge in [0.1, 0.15) is 5.75 Å². The summed E-state index contributed by atoms with van der Waals surface area (Å²) in [6, 6.07) is 17.4. The number of ether oxygens (including phenoxy) is 1. The molecule has 0 saturated heterocycles. The molecule has 2 aromatic carbocycles. The average Bonchev–Trinajstić information content (AvgIpc) is 3.19. The second-order valence-electron chi connectivity index (χ2n) is 6.89. The standard InChI is InChI=1S/C24H26N2O/c1-2-27-24-12-11-23-21(14-16-26-23)22(24)10-6-9-20-17-19(13-15-25-20)18-7-4-3-5-8-18/h3-8,10-14,16,20,25-26H,2,9,15,17H2,1H3. The van der Waals surface area contributed by atoms with E-state index in [4.69, 9.17) is 4.74 Å². The van der Waals surface area contributed by atoms with E-state index in [1.54, 1.807) is 0 Å². The van der Waals surface area contributed by atoms with Crippen molar-refractivity contribution >= 4 is 22.6 Å². The van der Waals surface area contributed by atoms with E-state index in [-0.39, 0.29) is 0 Å². The maximum atomic E-state index is 5.84. The lowest BCUT2D eigenvalue weighted by Crippen LogP contribution is -2.32. The fourth-order valence-electron chi connectivity index (χ4n) is 3.76. The predicted molar refractivity (Wildman–Crippen MR) is 114 cm³/mol. The van der Waals surface area contributed by atoms with Gasteiger partial charge in [0.15, 0.2) is 0 Å². The van der Waals surface area contributed by atoms with Gasteiger partial charge in [-0.25, -0.2) is 0 Å². The first-order valence-electron chi connectivity index (χ1n) is 9.72. The normalized spacial score (nSPS) is 17.4. The lowest BCUT2D eigenvalue weighted by atomic mass is 9.93. The first kappa shape index (κ1) is 17.6. The number of H-pyrrole nitrogens is 1. The minimum absolute atomic E-state index is 0.461. The summed E-state index contributed by atoms with van der Waals surface area (Å²) in [7, 11) is 0. The maximum absolute atomic E-state index is 5.84. The molecule has 1 unspecified atom stereocenters. The van der Waals surface area contributed by atoms with Gasteiger partial charge in [-0.3, -0.25) is 0 Å². The van der Waals surface area contributed by atoms with Crippen molar-refractivity contribution in [2.45, 2.75) is 25.8 Å². The van der Waals surface area contributed by atoms with Crippen LogP contribution in [0.15, 0.2) is 66.9 Å². The summed E-state index contributed by atoms with van der Waals surface area (Å²) in [5.41, 5.74) is 5.08. The first-order chi connectivity index (χ1) is 13.3. The highest BCUT2D eigenvalue weighted by atomic mass is 16.5. The molecule has 1 aromatic heterocycles. The van der Waals surface area contributed by atoms with Crippen molar-refractivity contribution in [1.29, 1.82) is 0 Å². The summed E-state index contributed by atoms with van der Waals surface area (Å²) >= 11 is 0. The molecule has 1 aliphatic heterocycles. The minimum atomic E-state index is 0.461. The zero-order valence-corrected chi connectivity index (χ0v) is 15.7. The van der Waals surface area contributed by atoms with Crippen LogP contribution in [0.5, 0.6) is 5.75 Å². The fourth-order valence-corrected chi connectivity index (χ4v) is 3.76. The zero-order valence-electron chi connectivity index (χ0n) is 15.7. The third-order valence-corrected chi connectivity index (χ3v) is 5.11. The molecule has 1 aliphatic rings. The second-order valence-corrected chi connectivity index (χ2v) is 6.89. The molecule has 1 atom stereocenters. The van der Waals surface area contributed by atoms with E-state index < -0.39 is 0 Å². The molecule has 0 bridgehead atoms. The molecule has 3 nitrogen and oxygen atoms in total. The summed E-state index contributed by atoms with van der Waals surface area (Å²) < 4.78 is 5.84. The minimum Gasteiger partial charge on any atom is -0.493 e. The first-order valence-corrected chi connectivity index (χ1v) is 9.72. The highest BCUT2D eigenvalue weighted by Gasteiger charge is 2.15. The Bertz CT molecular complexity index is 953. The van der Waals surface area contributed by atoms with Crippen LogP contribution in [-0.2, 0) is 0 Å². The largest absolute Gasteiger partial charge is 0.493 e. The number of benzene rings is 2. The summed E-state index contributed by atoms with van der Waals surface area (Å²) in [4.78, 5) is 3.28. The van der Waals surface area contributed by atoms with Crippen molar-refractivity contribution in [3.05, 3.63) is 78.0 Å². The lowest BCUT2D eigenvalue weighted by molar-refractivity contribution is 0.340. The predicted octanol–water partition coefficient (Wildman–Crippen LogP) is 5.42. The van der Waals surface area contributed by atoms with Gasteiger partial charge in [0.2, 0.25) is 0 Å². The molecular formula is C24H26N2O. The molecule has 0 fully saturated rings. The monoisotopic (exact) mass is 358 g/mol.